The van der Waals surface area contributed by atoms with Crippen LogP contribution in [-0.2, 0) is 5.72 Å². The Morgan fingerprint density at radius 1 is 0.935 bits per heavy atom. The molecule has 1 aliphatic rings. The second kappa shape index (κ2) is 7.83. The molecule has 0 fully saturated rings. The monoisotopic (exact) mass is 444 g/mol. The van der Waals surface area contributed by atoms with E-state index in [0.29, 0.717) is 10.0 Å². The van der Waals surface area contributed by atoms with Crippen molar-refractivity contribution < 1.29 is 23.1 Å². The molecule has 0 aliphatic carbocycles. The molecule has 0 unspecified atom stereocenters. The van der Waals surface area contributed by atoms with Crippen LogP contribution in [0.1, 0.15) is 22.3 Å². The number of benzene rings is 3. The standard InChI is InChI=1S/C23H16ClF3N2O2/c24-19-12-10-18(11-13-19)22(31)14-20(23(25,26)27)28-29(22)21(30)17-8-6-16(7-9-17)15-4-2-1-3-5-15/h1-13,31H,14H2/t22-/m1/s1. The van der Waals surface area contributed by atoms with Crippen molar-refractivity contribution in [2.45, 2.75) is 18.3 Å². The van der Waals surface area contributed by atoms with E-state index >= 15 is 0 Å². The lowest BCUT2D eigenvalue weighted by Crippen LogP contribution is -2.43. The molecule has 0 radical (unpaired) electrons. The van der Waals surface area contributed by atoms with Gasteiger partial charge in [-0.25, -0.2) is 0 Å². The zero-order valence-electron chi connectivity index (χ0n) is 16.0. The Morgan fingerprint density at radius 3 is 2.10 bits per heavy atom. The number of hydrogen-bond acceptors (Lipinski definition) is 3. The molecule has 31 heavy (non-hydrogen) atoms. The molecule has 158 valence electrons. The van der Waals surface area contributed by atoms with Gasteiger partial charge in [0.15, 0.2) is 5.72 Å². The maximum Gasteiger partial charge on any atom is 0.431 e. The van der Waals surface area contributed by atoms with Crippen LogP contribution in [0, 0.1) is 0 Å². The van der Waals surface area contributed by atoms with Crippen molar-refractivity contribution in [2.24, 2.45) is 5.10 Å². The molecule has 3 aromatic carbocycles. The van der Waals surface area contributed by atoms with Crippen molar-refractivity contribution in [3.63, 3.8) is 0 Å². The highest BCUT2D eigenvalue weighted by molar-refractivity contribution is 6.30. The zero-order valence-corrected chi connectivity index (χ0v) is 16.7. The molecular formula is C23H16ClF3N2O2. The van der Waals surface area contributed by atoms with E-state index in [1.165, 1.54) is 36.4 Å². The van der Waals surface area contributed by atoms with Crippen LogP contribution in [0.15, 0.2) is 84.0 Å². The lowest BCUT2D eigenvalue weighted by molar-refractivity contribution is -0.0816. The van der Waals surface area contributed by atoms with Gasteiger partial charge in [0.1, 0.15) is 5.71 Å². The molecule has 8 heteroatoms. The third-order valence-corrected chi connectivity index (χ3v) is 5.30. The lowest BCUT2D eigenvalue weighted by atomic mass is 9.96. The Bertz CT molecular complexity index is 1130. The molecule has 3 aromatic rings. The number of carbonyl (C=O) groups excluding carboxylic acids is 1. The van der Waals surface area contributed by atoms with Crippen LogP contribution in [-0.4, -0.2) is 27.9 Å². The van der Waals surface area contributed by atoms with Gasteiger partial charge < -0.3 is 5.11 Å². The molecule has 0 saturated heterocycles. The average molecular weight is 445 g/mol. The lowest BCUT2D eigenvalue weighted by Gasteiger charge is -2.31. The van der Waals surface area contributed by atoms with Gasteiger partial charge in [-0.15, -0.1) is 0 Å². The van der Waals surface area contributed by atoms with Gasteiger partial charge in [0.05, 0.1) is 6.42 Å². The molecule has 4 rings (SSSR count). The fraction of sp³-hybridized carbons (Fsp3) is 0.130. The number of hydrogen-bond donors (Lipinski definition) is 1. The molecule has 1 N–H and O–H groups in total. The molecule has 4 nitrogen and oxygen atoms in total. The number of alkyl halides is 3. The van der Waals surface area contributed by atoms with Gasteiger partial charge in [-0.2, -0.15) is 23.3 Å². The van der Waals surface area contributed by atoms with Crippen LogP contribution in [0.4, 0.5) is 13.2 Å². The van der Waals surface area contributed by atoms with Gasteiger partial charge in [0, 0.05) is 16.1 Å². The summed E-state index contributed by atoms with van der Waals surface area (Å²) >= 11 is 5.85. The number of rotatable bonds is 3. The van der Waals surface area contributed by atoms with Crippen LogP contribution < -0.4 is 0 Å². The second-order valence-electron chi connectivity index (χ2n) is 7.11. The van der Waals surface area contributed by atoms with Crippen LogP contribution >= 0.6 is 11.6 Å². The first-order valence-electron chi connectivity index (χ1n) is 9.32. The van der Waals surface area contributed by atoms with Crippen LogP contribution in [0.3, 0.4) is 0 Å². The molecule has 1 atom stereocenters. The second-order valence-corrected chi connectivity index (χ2v) is 7.54. The average Bonchev–Trinajstić information content (AvgIpc) is 3.13. The fourth-order valence-electron chi connectivity index (χ4n) is 3.42. The molecule has 0 saturated carbocycles. The van der Waals surface area contributed by atoms with Crippen LogP contribution in [0.5, 0.6) is 0 Å². The van der Waals surface area contributed by atoms with Gasteiger partial charge in [0.2, 0.25) is 0 Å². The Hall–Kier alpha value is -3.16. The normalized spacial score (nSPS) is 18.7. The number of halogens is 4. The van der Waals surface area contributed by atoms with Crippen molar-refractivity contribution in [1.29, 1.82) is 0 Å². The van der Waals surface area contributed by atoms with E-state index in [4.69, 9.17) is 11.6 Å². The minimum Gasteiger partial charge on any atom is -0.365 e. The zero-order chi connectivity index (χ0) is 22.2. The third kappa shape index (κ3) is 4.06. The van der Waals surface area contributed by atoms with E-state index in [2.05, 4.69) is 5.10 Å². The summed E-state index contributed by atoms with van der Waals surface area (Å²) in [6, 6.07) is 21.4. The number of hydrazone groups is 1. The largest absolute Gasteiger partial charge is 0.431 e. The van der Waals surface area contributed by atoms with Crippen LogP contribution in [0.2, 0.25) is 5.02 Å². The fourth-order valence-corrected chi connectivity index (χ4v) is 3.54. The molecule has 1 aliphatic heterocycles. The summed E-state index contributed by atoms with van der Waals surface area (Å²) in [5, 5.41) is 15.5. The van der Waals surface area contributed by atoms with E-state index in [1.54, 1.807) is 12.1 Å². The Morgan fingerprint density at radius 2 is 1.52 bits per heavy atom. The van der Waals surface area contributed by atoms with Crippen molar-refractivity contribution in [2.75, 3.05) is 0 Å². The number of amides is 1. The van der Waals surface area contributed by atoms with E-state index < -0.39 is 29.9 Å². The molecule has 1 amide bonds. The Labute approximate surface area is 181 Å². The van der Waals surface area contributed by atoms with E-state index in [0.717, 1.165) is 11.1 Å². The highest BCUT2D eigenvalue weighted by atomic mass is 35.5. The summed E-state index contributed by atoms with van der Waals surface area (Å²) in [4.78, 5) is 13.1. The van der Waals surface area contributed by atoms with Crippen molar-refractivity contribution in [3.8, 4) is 11.1 Å². The maximum atomic E-state index is 13.4. The molecule has 0 spiro atoms. The van der Waals surface area contributed by atoms with Crippen molar-refractivity contribution in [1.82, 2.24) is 5.01 Å². The number of carbonyl (C=O) groups is 1. The smallest absolute Gasteiger partial charge is 0.365 e. The van der Waals surface area contributed by atoms with Gasteiger partial charge >= 0.3 is 6.18 Å². The van der Waals surface area contributed by atoms with E-state index in [-0.39, 0.29) is 11.1 Å². The Balaban J connectivity index is 1.71. The summed E-state index contributed by atoms with van der Waals surface area (Å²) < 4.78 is 40.1. The molecule has 1 heterocycles. The third-order valence-electron chi connectivity index (χ3n) is 5.05. The van der Waals surface area contributed by atoms with Gasteiger partial charge in [0.25, 0.3) is 5.91 Å². The van der Waals surface area contributed by atoms with E-state index in [9.17, 15) is 23.1 Å². The SMILES string of the molecule is O=C(c1ccc(-c2ccccc2)cc1)N1N=C(C(F)(F)F)C[C@@]1(O)c1ccc(Cl)cc1. The van der Waals surface area contributed by atoms with Crippen molar-refractivity contribution >= 4 is 23.2 Å². The van der Waals surface area contributed by atoms with E-state index in [1.807, 2.05) is 30.3 Å². The summed E-state index contributed by atoms with van der Waals surface area (Å²) in [6.07, 6.45) is -5.67. The maximum absolute atomic E-state index is 13.4. The number of aliphatic hydroxyl groups is 1. The summed E-state index contributed by atoms with van der Waals surface area (Å²) in [6.45, 7) is 0. The first-order valence-corrected chi connectivity index (χ1v) is 9.69. The summed E-state index contributed by atoms with van der Waals surface area (Å²) in [5.41, 5.74) is -1.58. The minimum atomic E-state index is -4.79. The first-order chi connectivity index (χ1) is 14.7. The predicted octanol–water partition coefficient (Wildman–Crippen LogP) is 5.62. The first kappa shape index (κ1) is 21.1. The molecular weight excluding hydrogens is 429 g/mol. The number of nitrogens with zero attached hydrogens (tertiary/aromatic N) is 2. The minimum absolute atomic E-state index is 0.0779. The molecule has 0 aromatic heterocycles. The van der Waals surface area contributed by atoms with Crippen molar-refractivity contribution in [3.05, 3.63) is 95.0 Å². The Kier molecular flexibility index (Phi) is 5.33. The summed E-state index contributed by atoms with van der Waals surface area (Å²) in [7, 11) is 0. The van der Waals surface area contributed by atoms with Gasteiger partial charge in [-0.05, 0) is 35.4 Å². The topological polar surface area (TPSA) is 52.9 Å². The highest BCUT2D eigenvalue weighted by Crippen LogP contribution is 2.40. The highest BCUT2D eigenvalue weighted by Gasteiger charge is 2.53. The summed E-state index contributed by atoms with van der Waals surface area (Å²) in [5.74, 6) is -0.851. The van der Waals surface area contributed by atoms with Crippen LogP contribution in [0.25, 0.3) is 11.1 Å². The molecule has 0 bridgehead atoms. The van der Waals surface area contributed by atoms with Gasteiger partial charge in [-0.1, -0.05) is 66.2 Å². The quantitative estimate of drug-likeness (QED) is 0.570. The predicted molar refractivity (Wildman–Crippen MR) is 112 cm³/mol. The van der Waals surface area contributed by atoms with Gasteiger partial charge in [-0.3, -0.25) is 4.79 Å².